The molecule has 1 aliphatic carbocycles. The number of carbonyl (C=O) groups excluding carboxylic acids is 2. The third kappa shape index (κ3) is 2.88. The first-order valence-electron chi connectivity index (χ1n) is 8.65. The van der Waals surface area contributed by atoms with Crippen molar-refractivity contribution in [2.45, 2.75) is 31.8 Å². The summed E-state index contributed by atoms with van der Waals surface area (Å²) in [5.41, 5.74) is -0.161. The van der Waals surface area contributed by atoms with Gasteiger partial charge < -0.3 is 19.3 Å². The van der Waals surface area contributed by atoms with Gasteiger partial charge in [0.05, 0.1) is 14.2 Å². The van der Waals surface area contributed by atoms with Crippen molar-refractivity contribution in [1.82, 2.24) is 20.4 Å². The van der Waals surface area contributed by atoms with Crippen molar-refractivity contribution >= 4 is 11.9 Å². The Morgan fingerprint density at radius 2 is 2.00 bits per heavy atom. The SMILES string of the molecule is COc1ccc(-c2noc(CN3C(=O)N[C@@](C)(C4CC4)C3=O)n2)cc1OC. The minimum Gasteiger partial charge on any atom is -0.493 e. The second-order valence-corrected chi connectivity index (χ2v) is 6.88. The molecule has 1 atom stereocenters. The summed E-state index contributed by atoms with van der Waals surface area (Å²) < 4.78 is 15.7. The summed E-state index contributed by atoms with van der Waals surface area (Å²) in [6.45, 7) is 1.71. The predicted molar refractivity (Wildman–Crippen MR) is 93.0 cm³/mol. The van der Waals surface area contributed by atoms with E-state index in [-0.39, 0.29) is 24.3 Å². The van der Waals surface area contributed by atoms with Crippen LogP contribution in [-0.4, -0.2) is 46.7 Å². The molecule has 1 aromatic carbocycles. The minimum absolute atomic E-state index is 0.0622. The lowest BCUT2D eigenvalue weighted by molar-refractivity contribution is -0.132. The average molecular weight is 372 g/mol. The number of hydrogen-bond donors (Lipinski definition) is 1. The van der Waals surface area contributed by atoms with Crippen molar-refractivity contribution < 1.29 is 23.6 Å². The molecule has 2 aliphatic rings. The van der Waals surface area contributed by atoms with E-state index in [1.807, 2.05) is 0 Å². The largest absolute Gasteiger partial charge is 0.493 e. The van der Waals surface area contributed by atoms with Gasteiger partial charge in [0.2, 0.25) is 11.7 Å². The number of rotatable bonds is 6. The maximum atomic E-state index is 12.7. The van der Waals surface area contributed by atoms with Gasteiger partial charge >= 0.3 is 6.03 Å². The van der Waals surface area contributed by atoms with Gasteiger partial charge in [-0.05, 0) is 43.9 Å². The molecule has 142 valence electrons. The zero-order valence-corrected chi connectivity index (χ0v) is 15.3. The number of methoxy groups -OCH3 is 2. The van der Waals surface area contributed by atoms with E-state index in [4.69, 9.17) is 14.0 Å². The van der Waals surface area contributed by atoms with Crippen LogP contribution >= 0.6 is 0 Å². The van der Waals surface area contributed by atoms with Crippen LogP contribution in [0, 0.1) is 5.92 Å². The van der Waals surface area contributed by atoms with Crippen LogP contribution in [-0.2, 0) is 11.3 Å². The molecular formula is C18H20N4O5. The van der Waals surface area contributed by atoms with Gasteiger partial charge in [-0.1, -0.05) is 5.16 Å². The zero-order chi connectivity index (χ0) is 19.2. The number of ether oxygens (including phenoxy) is 2. The van der Waals surface area contributed by atoms with Gasteiger partial charge in [0, 0.05) is 5.56 Å². The molecule has 2 fully saturated rings. The van der Waals surface area contributed by atoms with E-state index in [0.29, 0.717) is 22.9 Å². The van der Waals surface area contributed by atoms with Crippen LogP contribution in [0.1, 0.15) is 25.7 Å². The fourth-order valence-corrected chi connectivity index (χ4v) is 3.34. The molecule has 0 unspecified atom stereocenters. The second kappa shape index (κ2) is 6.26. The molecule has 27 heavy (non-hydrogen) atoms. The van der Waals surface area contributed by atoms with E-state index in [2.05, 4.69) is 15.5 Å². The maximum Gasteiger partial charge on any atom is 0.325 e. The fraction of sp³-hybridized carbons (Fsp3) is 0.444. The first-order valence-corrected chi connectivity index (χ1v) is 8.65. The van der Waals surface area contributed by atoms with Gasteiger partial charge in [-0.3, -0.25) is 9.69 Å². The number of nitrogens with zero attached hydrogens (tertiary/aromatic N) is 3. The maximum absolute atomic E-state index is 12.7. The minimum atomic E-state index is -0.830. The second-order valence-electron chi connectivity index (χ2n) is 6.88. The summed E-state index contributed by atoms with van der Waals surface area (Å²) in [7, 11) is 3.09. The van der Waals surface area contributed by atoms with E-state index in [0.717, 1.165) is 17.7 Å². The Morgan fingerprint density at radius 3 is 2.67 bits per heavy atom. The number of benzene rings is 1. The molecule has 9 nitrogen and oxygen atoms in total. The lowest BCUT2D eigenvalue weighted by Gasteiger charge is -2.20. The number of imide groups is 1. The number of urea groups is 1. The highest BCUT2D eigenvalue weighted by Gasteiger charge is 2.56. The van der Waals surface area contributed by atoms with Gasteiger partial charge in [0.1, 0.15) is 12.1 Å². The number of amides is 3. The van der Waals surface area contributed by atoms with E-state index < -0.39 is 11.6 Å². The van der Waals surface area contributed by atoms with Crippen LogP contribution in [0.4, 0.5) is 4.79 Å². The van der Waals surface area contributed by atoms with Gasteiger partial charge in [-0.25, -0.2) is 4.79 Å². The summed E-state index contributed by atoms with van der Waals surface area (Å²) in [6.07, 6.45) is 1.89. The Morgan fingerprint density at radius 1 is 1.26 bits per heavy atom. The first-order chi connectivity index (χ1) is 13.0. The van der Waals surface area contributed by atoms with Gasteiger partial charge in [0.25, 0.3) is 5.91 Å². The standard InChI is InChI=1S/C18H20N4O5/c1-18(11-5-6-11)16(23)22(17(24)20-18)9-14-19-15(21-27-14)10-4-7-12(25-2)13(8-10)26-3/h4,7-8,11H,5-6,9H2,1-3H3,(H,20,24)/t18-/m0/s1. The molecule has 0 bridgehead atoms. The Hall–Kier alpha value is -3.10. The number of hydrogen-bond acceptors (Lipinski definition) is 7. The average Bonchev–Trinajstić information content (AvgIpc) is 3.39. The molecule has 1 aromatic heterocycles. The van der Waals surface area contributed by atoms with Crippen molar-refractivity contribution in [2.75, 3.05) is 14.2 Å². The third-order valence-corrected chi connectivity index (χ3v) is 5.10. The smallest absolute Gasteiger partial charge is 0.325 e. The molecule has 4 rings (SSSR count). The lowest BCUT2D eigenvalue weighted by Crippen LogP contribution is -2.46. The van der Waals surface area contributed by atoms with E-state index in [9.17, 15) is 9.59 Å². The van der Waals surface area contributed by atoms with Crippen molar-refractivity contribution in [1.29, 1.82) is 0 Å². The van der Waals surface area contributed by atoms with E-state index >= 15 is 0 Å². The van der Waals surface area contributed by atoms with E-state index in [1.165, 1.54) is 7.11 Å². The van der Waals surface area contributed by atoms with Crippen molar-refractivity contribution in [3.63, 3.8) is 0 Å². The van der Waals surface area contributed by atoms with Crippen LogP contribution in [0.15, 0.2) is 22.7 Å². The molecule has 2 heterocycles. The highest BCUT2D eigenvalue weighted by atomic mass is 16.5. The van der Waals surface area contributed by atoms with Crippen LogP contribution in [0.3, 0.4) is 0 Å². The lowest BCUT2D eigenvalue weighted by atomic mass is 9.96. The highest BCUT2D eigenvalue weighted by molar-refractivity contribution is 6.07. The fourth-order valence-electron chi connectivity index (χ4n) is 3.34. The third-order valence-electron chi connectivity index (χ3n) is 5.10. The zero-order valence-electron chi connectivity index (χ0n) is 15.3. The summed E-state index contributed by atoms with van der Waals surface area (Å²) in [4.78, 5) is 30.4. The summed E-state index contributed by atoms with van der Waals surface area (Å²) in [5.74, 6) is 1.59. The Kier molecular flexibility index (Phi) is 4.01. The molecule has 1 N–H and O–H groups in total. The Bertz CT molecular complexity index is 907. The summed E-state index contributed by atoms with van der Waals surface area (Å²) >= 11 is 0. The summed E-state index contributed by atoms with van der Waals surface area (Å²) in [6, 6.07) is 4.81. The molecule has 2 aromatic rings. The molecule has 0 radical (unpaired) electrons. The van der Waals surface area contributed by atoms with Crippen LogP contribution < -0.4 is 14.8 Å². The first kappa shape index (κ1) is 17.3. The monoisotopic (exact) mass is 372 g/mol. The number of aromatic nitrogens is 2. The topological polar surface area (TPSA) is 107 Å². The van der Waals surface area contributed by atoms with Crippen LogP contribution in [0.2, 0.25) is 0 Å². The van der Waals surface area contributed by atoms with Crippen LogP contribution in [0.5, 0.6) is 11.5 Å². The highest BCUT2D eigenvalue weighted by Crippen LogP contribution is 2.42. The van der Waals surface area contributed by atoms with Gasteiger partial charge in [-0.2, -0.15) is 4.98 Å². The van der Waals surface area contributed by atoms with Gasteiger partial charge in [0.15, 0.2) is 11.5 Å². The Labute approximate surface area is 155 Å². The number of carbonyl (C=O) groups is 2. The molecular weight excluding hydrogens is 352 g/mol. The van der Waals surface area contributed by atoms with Crippen LogP contribution in [0.25, 0.3) is 11.4 Å². The van der Waals surface area contributed by atoms with Crippen molar-refractivity contribution in [3.05, 3.63) is 24.1 Å². The molecule has 0 spiro atoms. The normalized spacial score (nSPS) is 22.1. The van der Waals surface area contributed by atoms with E-state index in [1.54, 1.807) is 32.2 Å². The predicted octanol–water partition coefficient (Wildman–Crippen LogP) is 1.97. The van der Waals surface area contributed by atoms with Gasteiger partial charge in [-0.15, -0.1) is 0 Å². The quantitative estimate of drug-likeness (QED) is 0.773. The summed E-state index contributed by atoms with van der Waals surface area (Å²) in [5, 5.41) is 6.74. The Balaban J connectivity index is 1.53. The van der Waals surface area contributed by atoms with Crippen molar-refractivity contribution in [3.8, 4) is 22.9 Å². The molecule has 9 heteroatoms. The van der Waals surface area contributed by atoms with Crippen molar-refractivity contribution in [2.24, 2.45) is 5.92 Å². The molecule has 1 saturated carbocycles. The molecule has 3 amide bonds. The number of nitrogens with one attached hydrogen (secondary N) is 1. The molecule has 1 aliphatic heterocycles. The molecule has 1 saturated heterocycles.